The molecule has 33 heavy (non-hydrogen) atoms. The van der Waals surface area contributed by atoms with Gasteiger partial charge >= 0.3 is 5.63 Å². The van der Waals surface area contributed by atoms with Gasteiger partial charge in [-0.25, -0.2) is 4.79 Å². The van der Waals surface area contributed by atoms with Crippen molar-refractivity contribution in [1.29, 1.82) is 0 Å². The minimum atomic E-state index is -1.39. The molecule has 0 spiro atoms. The van der Waals surface area contributed by atoms with Gasteiger partial charge in [0, 0.05) is 12.7 Å². The highest BCUT2D eigenvalue weighted by Gasteiger charge is 2.50. The fraction of sp³-hybridized carbons (Fsp3) is 0.565. The smallest absolute Gasteiger partial charge is 0.349 e. The molecule has 1 saturated heterocycles. The second kappa shape index (κ2) is 9.68. The van der Waals surface area contributed by atoms with Crippen LogP contribution in [0.15, 0.2) is 26.5 Å². The molecule has 10 heteroatoms. The van der Waals surface area contributed by atoms with Gasteiger partial charge in [0.25, 0.3) is 0 Å². The third-order valence-corrected chi connectivity index (χ3v) is 5.65. The van der Waals surface area contributed by atoms with E-state index in [0.29, 0.717) is 12.2 Å². The van der Waals surface area contributed by atoms with Gasteiger partial charge < -0.3 is 38.8 Å². The monoisotopic (exact) mass is 465 g/mol. The van der Waals surface area contributed by atoms with Crippen LogP contribution in [0.5, 0.6) is 11.5 Å². The Balaban J connectivity index is 1.97. The molecule has 1 aliphatic heterocycles. The molecule has 0 amide bonds. The molecular formula is C23H31NO9. The van der Waals surface area contributed by atoms with E-state index in [2.05, 4.69) is 5.16 Å². The van der Waals surface area contributed by atoms with E-state index in [1.54, 1.807) is 33.8 Å². The second-order valence-electron chi connectivity index (χ2n) is 8.53. The molecule has 10 nitrogen and oxygen atoms in total. The molecule has 0 unspecified atom stereocenters. The van der Waals surface area contributed by atoms with Gasteiger partial charge in [0.2, 0.25) is 6.29 Å². The molecule has 0 radical (unpaired) electrons. The summed E-state index contributed by atoms with van der Waals surface area (Å²) in [6.45, 7) is 8.91. The van der Waals surface area contributed by atoms with Crippen molar-refractivity contribution < 1.29 is 38.8 Å². The quantitative estimate of drug-likeness (QED) is 0.243. The topological polar surface area (TPSA) is 140 Å². The van der Waals surface area contributed by atoms with Crippen LogP contribution in [0.25, 0.3) is 11.0 Å². The third kappa shape index (κ3) is 4.70. The number of hydrogen-bond donors (Lipinski definition) is 3. The van der Waals surface area contributed by atoms with Crippen molar-refractivity contribution in [2.45, 2.75) is 71.2 Å². The molecule has 182 valence electrons. The lowest BCUT2D eigenvalue weighted by Gasteiger charge is -2.46. The first-order chi connectivity index (χ1) is 15.5. The number of rotatable bonds is 7. The summed E-state index contributed by atoms with van der Waals surface area (Å²) < 4.78 is 22.5. The van der Waals surface area contributed by atoms with E-state index in [9.17, 15) is 20.1 Å². The van der Waals surface area contributed by atoms with E-state index < -0.39 is 35.8 Å². The van der Waals surface area contributed by atoms with Crippen molar-refractivity contribution in [2.75, 3.05) is 13.7 Å². The summed E-state index contributed by atoms with van der Waals surface area (Å²) in [6, 6.07) is 3.08. The van der Waals surface area contributed by atoms with Crippen LogP contribution >= 0.6 is 0 Å². The van der Waals surface area contributed by atoms with Crippen LogP contribution in [0.1, 0.15) is 45.2 Å². The van der Waals surface area contributed by atoms with E-state index >= 15 is 0 Å². The number of aliphatic hydroxyl groups is 2. The Morgan fingerprint density at radius 3 is 2.58 bits per heavy atom. The summed E-state index contributed by atoms with van der Waals surface area (Å²) in [5, 5.41) is 35.8. The molecule has 1 aromatic carbocycles. The summed E-state index contributed by atoms with van der Waals surface area (Å²) in [4.78, 5) is 17.7. The highest BCUT2D eigenvalue weighted by molar-refractivity contribution is 6.04. The first-order valence-electron chi connectivity index (χ1n) is 10.7. The molecule has 0 saturated carbocycles. The number of hydrogen-bond acceptors (Lipinski definition) is 10. The zero-order chi connectivity index (χ0) is 24.5. The maximum absolute atomic E-state index is 12.6. The molecule has 2 heterocycles. The van der Waals surface area contributed by atoms with Crippen molar-refractivity contribution in [1.82, 2.24) is 0 Å². The number of fused-ring (bicyclic) bond motifs is 1. The normalized spacial score (nSPS) is 25.3. The summed E-state index contributed by atoms with van der Waals surface area (Å²) in [7, 11) is 1.42. The number of methoxy groups -OCH3 is 1. The molecule has 0 bridgehead atoms. The van der Waals surface area contributed by atoms with Gasteiger partial charge in [-0.05, 0) is 46.2 Å². The van der Waals surface area contributed by atoms with Gasteiger partial charge in [0.1, 0.15) is 47.6 Å². The van der Waals surface area contributed by atoms with Gasteiger partial charge in [-0.2, -0.15) is 0 Å². The summed E-state index contributed by atoms with van der Waals surface area (Å²) in [5.41, 5.74) is -1.11. The van der Waals surface area contributed by atoms with E-state index in [4.69, 9.17) is 23.5 Å². The van der Waals surface area contributed by atoms with Crippen LogP contribution in [0.3, 0.4) is 0 Å². The zero-order valence-electron chi connectivity index (χ0n) is 19.6. The number of aryl methyl sites for hydroxylation is 1. The van der Waals surface area contributed by atoms with E-state index in [1.165, 1.54) is 13.2 Å². The van der Waals surface area contributed by atoms with Crippen molar-refractivity contribution in [3.63, 3.8) is 0 Å². The third-order valence-electron chi connectivity index (χ3n) is 5.65. The number of oxime groups is 1. The van der Waals surface area contributed by atoms with Crippen LogP contribution < -0.4 is 10.4 Å². The number of nitrogens with zero attached hydrogens (tertiary/aromatic N) is 1. The van der Waals surface area contributed by atoms with Crippen LogP contribution in [0, 0.1) is 6.92 Å². The molecule has 1 fully saturated rings. The first kappa shape index (κ1) is 25.0. The molecule has 1 aromatic heterocycles. The molecule has 4 atom stereocenters. The molecule has 2 aromatic rings. The standard InChI is InChI=1S/C23H31NO9/c1-7-10-30-24-12(3)15-16(25)13-8-9-14(11(2)19(13)32-21(15)28)31-22-18(27)17(26)20(29-6)23(4,5)33-22/h8-9,17-18,20,22,25-27H,7,10H2,1-6H3/t17-,18+,20+,22+/m0/s1. The lowest BCUT2D eigenvalue weighted by atomic mass is 9.89. The maximum Gasteiger partial charge on any atom is 0.349 e. The Morgan fingerprint density at radius 1 is 1.24 bits per heavy atom. The average Bonchev–Trinajstić information content (AvgIpc) is 2.74. The molecule has 3 N–H and O–H groups in total. The number of benzene rings is 1. The summed E-state index contributed by atoms with van der Waals surface area (Å²) in [5.74, 6) is -0.0388. The Kier molecular flexibility index (Phi) is 7.32. The van der Waals surface area contributed by atoms with Crippen molar-refractivity contribution in [3.8, 4) is 11.5 Å². The Bertz CT molecular complexity index is 1090. The molecule has 1 aliphatic rings. The number of aromatic hydroxyl groups is 1. The van der Waals surface area contributed by atoms with Crippen molar-refractivity contribution in [3.05, 3.63) is 33.7 Å². The predicted molar refractivity (Wildman–Crippen MR) is 120 cm³/mol. The van der Waals surface area contributed by atoms with Crippen molar-refractivity contribution in [2.24, 2.45) is 5.16 Å². The summed E-state index contributed by atoms with van der Waals surface area (Å²) in [6.07, 6.45) is -3.85. The van der Waals surface area contributed by atoms with E-state index in [-0.39, 0.29) is 33.7 Å². The lowest BCUT2D eigenvalue weighted by Crippen LogP contribution is -2.63. The second-order valence-corrected chi connectivity index (χ2v) is 8.53. The number of ether oxygens (including phenoxy) is 3. The fourth-order valence-electron chi connectivity index (χ4n) is 3.92. The predicted octanol–water partition coefficient (Wildman–Crippen LogP) is 2.21. The zero-order valence-corrected chi connectivity index (χ0v) is 19.6. The van der Waals surface area contributed by atoms with E-state index in [0.717, 1.165) is 6.42 Å². The van der Waals surface area contributed by atoms with E-state index in [1.807, 2.05) is 6.92 Å². The molecular weight excluding hydrogens is 434 g/mol. The lowest BCUT2D eigenvalue weighted by molar-refractivity contribution is -0.306. The SMILES string of the molecule is CCCON=C(C)c1c(O)c2ccc(O[C@@H]3OC(C)(C)[C@H](OC)[C@@H](O)[C@H]3O)c(C)c2oc1=O. The maximum atomic E-state index is 12.6. The summed E-state index contributed by atoms with van der Waals surface area (Å²) >= 11 is 0. The van der Waals surface area contributed by atoms with Crippen LogP contribution in [-0.2, 0) is 14.3 Å². The minimum Gasteiger partial charge on any atom is -0.506 e. The van der Waals surface area contributed by atoms with Gasteiger partial charge in [-0.15, -0.1) is 0 Å². The van der Waals surface area contributed by atoms with Crippen LogP contribution in [0.2, 0.25) is 0 Å². The Labute approximate surface area is 191 Å². The largest absolute Gasteiger partial charge is 0.506 e. The van der Waals surface area contributed by atoms with Gasteiger partial charge in [0.05, 0.1) is 16.7 Å². The van der Waals surface area contributed by atoms with Crippen molar-refractivity contribution >= 4 is 16.7 Å². The average molecular weight is 465 g/mol. The van der Waals surface area contributed by atoms with Gasteiger partial charge in [-0.3, -0.25) is 0 Å². The number of aliphatic hydroxyl groups excluding tert-OH is 2. The Morgan fingerprint density at radius 2 is 1.94 bits per heavy atom. The fourth-order valence-corrected chi connectivity index (χ4v) is 3.92. The first-order valence-corrected chi connectivity index (χ1v) is 10.7. The van der Waals surface area contributed by atoms with Crippen LogP contribution in [-0.4, -0.2) is 65.0 Å². The van der Waals surface area contributed by atoms with Gasteiger partial charge in [-0.1, -0.05) is 12.1 Å². The highest BCUT2D eigenvalue weighted by Crippen LogP contribution is 2.37. The van der Waals surface area contributed by atoms with Gasteiger partial charge in [0.15, 0.2) is 0 Å². The highest BCUT2D eigenvalue weighted by atomic mass is 16.7. The Hall–Kier alpha value is -2.66. The molecule has 0 aliphatic carbocycles. The molecule has 3 rings (SSSR count). The minimum absolute atomic E-state index is 0.0896. The van der Waals surface area contributed by atoms with Crippen LogP contribution in [0.4, 0.5) is 0 Å².